The molecule has 0 spiro atoms. The van der Waals surface area contributed by atoms with E-state index < -0.39 is 29.5 Å². The van der Waals surface area contributed by atoms with Crippen LogP contribution in [0.5, 0.6) is 11.5 Å². The standard InChI is InChI=1S/C34H42N6O7.HI/c1-40(2,3)18-8-12-29(41)38-25-10-6-9-23-24(15-16-35-31(23)25)33(44)37-21-30(42)39-17-7-11-26(39)32(43)34(45)36-20-22-13-14-27(46-4)28(19-22)47-5;/h6,9-10,13-16,19,26H,7-8,11-12,17-18,20-21H2,1-5H3,(H2-,36,37,38,41,44,45);1H/t26-;/m0./s1. The van der Waals surface area contributed by atoms with E-state index in [0.717, 1.165) is 17.4 Å². The zero-order chi connectivity index (χ0) is 34.1. The minimum atomic E-state index is -0.917. The van der Waals surface area contributed by atoms with Crippen LogP contribution in [0.3, 0.4) is 0 Å². The van der Waals surface area contributed by atoms with E-state index in [-0.39, 0.29) is 48.5 Å². The summed E-state index contributed by atoms with van der Waals surface area (Å²) in [5, 5.41) is 8.68. The number of anilines is 1. The first-order valence-corrected chi connectivity index (χ1v) is 15.5. The van der Waals surface area contributed by atoms with Crippen molar-refractivity contribution in [3.05, 3.63) is 59.8 Å². The topological polar surface area (TPSA) is 156 Å². The summed E-state index contributed by atoms with van der Waals surface area (Å²) in [5.41, 5.74) is 1.94. The van der Waals surface area contributed by atoms with Gasteiger partial charge < -0.3 is 58.8 Å². The fraction of sp³-hybridized carbons (Fsp3) is 0.412. The number of aromatic nitrogens is 1. The van der Waals surface area contributed by atoms with E-state index in [1.807, 2.05) is 0 Å². The van der Waals surface area contributed by atoms with E-state index in [0.29, 0.717) is 59.5 Å². The fourth-order valence-corrected chi connectivity index (χ4v) is 5.50. The van der Waals surface area contributed by atoms with Crippen LogP contribution in [0.4, 0.5) is 5.69 Å². The van der Waals surface area contributed by atoms with Crippen molar-refractivity contribution in [2.75, 3.05) is 60.3 Å². The van der Waals surface area contributed by atoms with Gasteiger partial charge in [0.15, 0.2) is 11.5 Å². The molecule has 3 N–H and O–H groups in total. The van der Waals surface area contributed by atoms with Crippen molar-refractivity contribution < 1.29 is 61.9 Å². The normalized spacial score (nSPS) is 14.1. The first kappa shape index (κ1) is 38.1. The zero-order valence-corrected chi connectivity index (χ0v) is 30.1. The Kier molecular flexibility index (Phi) is 13.7. The highest BCUT2D eigenvalue weighted by atomic mass is 127. The molecule has 0 unspecified atom stereocenters. The average Bonchev–Trinajstić information content (AvgIpc) is 3.55. The molecule has 48 heavy (non-hydrogen) atoms. The summed E-state index contributed by atoms with van der Waals surface area (Å²) in [6.07, 6.45) is 3.46. The number of rotatable bonds is 14. The number of methoxy groups -OCH3 is 2. The van der Waals surface area contributed by atoms with Crippen LogP contribution in [-0.4, -0.2) is 105 Å². The Hall–Kier alpha value is -4.31. The van der Waals surface area contributed by atoms with Crippen LogP contribution in [0.2, 0.25) is 0 Å². The number of ether oxygens (including phenoxy) is 2. The molecule has 1 saturated heterocycles. The van der Waals surface area contributed by atoms with Gasteiger partial charge in [-0.1, -0.05) is 18.2 Å². The van der Waals surface area contributed by atoms with E-state index in [2.05, 4.69) is 42.1 Å². The summed E-state index contributed by atoms with van der Waals surface area (Å²) in [7, 11) is 9.23. The largest absolute Gasteiger partial charge is 1.00 e. The maximum absolute atomic E-state index is 13.2. The maximum Gasteiger partial charge on any atom is 0.289 e. The highest BCUT2D eigenvalue weighted by Crippen LogP contribution is 2.28. The van der Waals surface area contributed by atoms with Gasteiger partial charge >= 0.3 is 0 Å². The van der Waals surface area contributed by atoms with Crippen molar-refractivity contribution in [2.24, 2.45) is 0 Å². The number of carbonyl (C=O) groups is 5. The molecule has 0 bridgehead atoms. The summed E-state index contributed by atoms with van der Waals surface area (Å²) >= 11 is 0. The highest BCUT2D eigenvalue weighted by Gasteiger charge is 2.37. The van der Waals surface area contributed by atoms with Crippen molar-refractivity contribution in [2.45, 2.75) is 38.3 Å². The third-order valence-corrected chi connectivity index (χ3v) is 7.92. The van der Waals surface area contributed by atoms with Gasteiger partial charge in [-0.05, 0) is 42.7 Å². The number of amides is 4. The predicted octanol–water partition coefficient (Wildman–Crippen LogP) is -0.713. The number of benzene rings is 2. The van der Waals surface area contributed by atoms with Crippen LogP contribution >= 0.6 is 0 Å². The minimum absolute atomic E-state index is 0. The van der Waals surface area contributed by atoms with Crippen LogP contribution < -0.4 is 49.4 Å². The molecular formula is C34H43IN6O7. The van der Waals surface area contributed by atoms with Crippen LogP contribution in [0.15, 0.2) is 48.7 Å². The number of ketones is 1. The van der Waals surface area contributed by atoms with Gasteiger partial charge in [0.1, 0.15) is 6.04 Å². The number of pyridine rings is 1. The number of para-hydroxylation sites is 1. The summed E-state index contributed by atoms with van der Waals surface area (Å²) in [6, 6.07) is 11.0. The third kappa shape index (κ3) is 9.86. The number of fused-ring (bicyclic) bond motifs is 1. The van der Waals surface area contributed by atoms with E-state index >= 15 is 0 Å². The first-order chi connectivity index (χ1) is 22.4. The molecule has 258 valence electrons. The van der Waals surface area contributed by atoms with Gasteiger partial charge in [-0.25, -0.2) is 0 Å². The molecule has 2 aromatic carbocycles. The number of hydrogen-bond acceptors (Lipinski definition) is 8. The smallest absolute Gasteiger partial charge is 0.289 e. The SMILES string of the molecule is COc1ccc(CNC(=O)C(=O)[C@@H]2CCCN2C(=O)CNC(=O)c2ccnc3c(NC(=O)CCC[N+](C)(C)C)cccc23)cc1OC.[I-]. The van der Waals surface area contributed by atoms with Crippen LogP contribution in [0, 0.1) is 0 Å². The number of quaternary nitrogens is 1. The lowest BCUT2D eigenvalue weighted by atomic mass is 10.1. The van der Waals surface area contributed by atoms with Crippen molar-refractivity contribution in [1.82, 2.24) is 20.5 Å². The van der Waals surface area contributed by atoms with Crippen LogP contribution in [0.1, 0.15) is 41.6 Å². The van der Waals surface area contributed by atoms with E-state index in [1.165, 1.54) is 25.3 Å². The average molecular weight is 775 g/mol. The Morgan fingerprint density at radius 2 is 1.73 bits per heavy atom. The van der Waals surface area contributed by atoms with Gasteiger partial charge in [-0.15, -0.1) is 0 Å². The summed E-state index contributed by atoms with van der Waals surface area (Å²) in [6.45, 7) is 0.875. The highest BCUT2D eigenvalue weighted by molar-refractivity contribution is 6.38. The van der Waals surface area contributed by atoms with Crippen molar-refractivity contribution >= 4 is 46.0 Å². The number of hydrogen-bond donors (Lipinski definition) is 3. The second kappa shape index (κ2) is 17.2. The maximum atomic E-state index is 13.2. The minimum Gasteiger partial charge on any atom is -1.00 e. The Labute approximate surface area is 297 Å². The van der Waals surface area contributed by atoms with E-state index in [9.17, 15) is 24.0 Å². The van der Waals surface area contributed by atoms with Crippen LogP contribution in [0.25, 0.3) is 10.9 Å². The Balaban J connectivity index is 0.00000625. The van der Waals surface area contributed by atoms with E-state index in [4.69, 9.17) is 9.47 Å². The Morgan fingerprint density at radius 1 is 0.979 bits per heavy atom. The van der Waals surface area contributed by atoms with Crippen molar-refractivity contribution in [3.8, 4) is 11.5 Å². The molecule has 0 saturated carbocycles. The molecule has 4 rings (SSSR count). The quantitative estimate of drug-likeness (QED) is 0.110. The molecule has 14 heteroatoms. The Bertz CT molecular complexity index is 1660. The zero-order valence-electron chi connectivity index (χ0n) is 27.9. The molecule has 0 aliphatic carbocycles. The summed E-state index contributed by atoms with van der Waals surface area (Å²) in [4.78, 5) is 70.5. The molecule has 2 heterocycles. The summed E-state index contributed by atoms with van der Waals surface area (Å²) in [5.74, 6) is -1.60. The molecule has 0 radical (unpaired) electrons. The fourth-order valence-electron chi connectivity index (χ4n) is 5.50. The van der Waals surface area contributed by atoms with Gasteiger partial charge in [0.25, 0.3) is 11.8 Å². The van der Waals surface area contributed by atoms with Gasteiger partial charge in [0.2, 0.25) is 17.6 Å². The number of Topliss-reactive ketones (excluding diaryl/α,β-unsaturated/α-hetero) is 1. The van der Waals surface area contributed by atoms with Crippen molar-refractivity contribution in [1.29, 1.82) is 0 Å². The third-order valence-electron chi connectivity index (χ3n) is 7.92. The van der Waals surface area contributed by atoms with Gasteiger partial charge in [-0.3, -0.25) is 29.0 Å². The second-order valence-corrected chi connectivity index (χ2v) is 12.4. The molecule has 1 aromatic heterocycles. The number of carbonyl (C=O) groups excluding carboxylic acids is 5. The molecule has 1 aliphatic heterocycles. The van der Waals surface area contributed by atoms with E-state index in [1.54, 1.807) is 42.5 Å². The number of halogens is 1. The first-order valence-electron chi connectivity index (χ1n) is 15.5. The number of nitrogens with one attached hydrogen (secondary N) is 3. The molecule has 3 aromatic rings. The predicted molar refractivity (Wildman–Crippen MR) is 176 cm³/mol. The van der Waals surface area contributed by atoms with Crippen LogP contribution in [-0.2, 0) is 25.7 Å². The Morgan fingerprint density at radius 3 is 2.44 bits per heavy atom. The number of nitrogens with zero attached hydrogens (tertiary/aromatic N) is 3. The molecule has 1 aliphatic rings. The summed E-state index contributed by atoms with van der Waals surface area (Å²) < 4.78 is 11.3. The van der Waals surface area contributed by atoms with Crippen molar-refractivity contribution in [3.63, 3.8) is 0 Å². The lowest BCUT2D eigenvalue weighted by Crippen LogP contribution is -3.00. The second-order valence-electron chi connectivity index (χ2n) is 12.4. The lowest BCUT2D eigenvalue weighted by molar-refractivity contribution is -0.870. The molecule has 1 atom stereocenters. The number of likely N-dealkylation sites (tertiary alicyclic amines) is 1. The molecular weight excluding hydrogens is 731 g/mol. The monoisotopic (exact) mass is 774 g/mol. The van der Waals surface area contributed by atoms with Gasteiger partial charge in [0, 0.05) is 37.5 Å². The van der Waals surface area contributed by atoms with Gasteiger partial charge in [-0.2, -0.15) is 0 Å². The van der Waals surface area contributed by atoms with Gasteiger partial charge in [0.05, 0.1) is 65.2 Å². The lowest BCUT2D eigenvalue weighted by Gasteiger charge is -2.23. The molecule has 1 fully saturated rings. The molecule has 13 nitrogen and oxygen atoms in total. The molecule has 4 amide bonds.